The van der Waals surface area contributed by atoms with E-state index in [2.05, 4.69) is 0 Å². The molecule has 6 rings (SSSR count). The van der Waals surface area contributed by atoms with Gasteiger partial charge in [0.2, 0.25) is 0 Å². The fourth-order valence-electron chi connectivity index (χ4n) is 6.22. The van der Waals surface area contributed by atoms with Gasteiger partial charge in [0.15, 0.2) is 0 Å². The molecule has 4 bridgehead atoms. The predicted molar refractivity (Wildman–Crippen MR) is 41.9 cm³/mol. The van der Waals surface area contributed by atoms with Crippen LogP contribution < -0.4 is 0 Å². The van der Waals surface area contributed by atoms with E-state index in [0.717, 1.165) is 10.8 Å². The Balaban J connectivity index is 1.85. The second-order valence-electron chi connectivity index (χ2n) is 6.09. The summed E-state index contributed by atoms with van der Waals surface area (Å²) in [6.07, 6.45) is 8.30. The summed E-state index contributed by atoms with van der Waals surface area (Å²) in [6, 6.07) is 0. The maximum Gasteiger partial charge on any atom is -0.0167 e. The van der Waals surface area contributed by atoms with Gasteiger partial charge in [0, 0.05) is 0 Å². The first-order valence-electron chi connectivity index (χ1n) is 5.37. The molecule has 0 amide bonds. The van der Waals surface area contributed by atoms with Gasteiger partial charge in [-0.1, -0.05) is 0 Å². The Labute approximate surface area is 67.4 Å². The van der Waals surface area contributed by atoms with E-state index >= 15 is 0 Å². The van der Waals surface area contributed by atoms with Crippen LogP contribution in [0.2, 0.25) is 0 Å². The van der Waals surface area contributed by atoms with Gasteiger partial charge in [-0.2, -0.15) is 0 Å². The smallest absolute Gasteiger partial charge is 0.0167 e. The first kappa shape index (κ1) is 4.89. The van der Waals surface area contributed by atoms with Crippen molar-refractivity contribution in [1.29, 1.82) is 0 Å². The molecule has 0 aromatic carbocycles. The molecule has 0 heterocycles. The predicted octanol–water partition coefficient (Wildman–Crippen LogP) is 2.44. The molecule has 0 heteroatoms. The summed E-state index contributed by atoms with van der Waals surface area (Å²) < 4.78 is 0. The Morgan fingerprint density at radius 3 is 2.91 bits per heavy atom. The molecule has 0 radical (unpaired) electrons. The third-order valence-corrected chi connectivity index (χ3v) is 6.17. The molecule has 6 saturated carbocycles. The monoisotopic (exact) mass is 146 g/mol. The van der Waals surface area contributed by atoms with Gasteiger partial charge in [-0.05, 0) is 66.6 Å². The number of hydrogen-bond donors (Lipinski definition) is 0. The SMILES string of the molecule is C1C2CC3CC1C1C4(C2)CC314. The first-order valence-corrected chi connectivity index (χ1v) is 5.37. The minimum Gasteiger partial charge on any atom is -0.0472 e. The maximum atomic E-state index is 1.68. The van der Waals surface area contributed by atoms with Crippen LogP contribution in [0.25, 0.3) is 0 Å². The summed E-state index contributed by atoms with van der Waals surface area (Å²) in [5.41, 5.74) is 2.06. The summed E-state index contributed by atoms with van der Waals surface area (Å²) in [7, 11) is 0. The second-order valence-corrected chi connectivity index (χ2v) is 6.09. The molecule has 0 N–H and O–H groups in total. The Morgan fingerprint density at radius 1 is 1.09 bits per heavy atom. The molecule has 6 aliphatic carbocycles. The van der Waals surface area contributed by atoms with E-state index in [1.54, 1.807) is 32.1 Å². The molecule has 2 spiro atoms. The van der Waals surface area contributed by atoms with Crippen molar-refractivity contribution < 1.29 is 0 Å². The van der Waals surface area contributed by atoms with Crippen LogP contribution in [0.5, 0.6) is 0 Å². The van der Waals surface area contributed by atoms with Crippen molar-refractivity contribution in [2.24, 2.45) is 34.5 Å². The van der Waals surface area contributed by atoms with Crippen LogP contribution >= 0.6 is 0 Å². The minimum absolute atomic E-state index is 1.03. The third-order valence-electron chi connectivity index (χ3n) is 6.17. The Bertz CT molecular complexity index is 276. The van der Waals surface area contributed by atoms with Crippen LogP contribution in [-0.4, -0.2) is 0 Å². The molecule has 0 aromatic rings. The van der Waals surface area contributed by atoms with E-state index in [9.17, 15) is 0 Å². The van der Waals surface area contributed by atoms with E-state index < -0.39 is 0 Å². The highest BCUT2D eigenvalue weighted by Gasteiger charge is 2.97. The van der Waals surface area contributed by atoms with Crippen LogP contribution in [0.1, 0.15) is 32.1 Å². The Morgan fingerprint density at radius 2 is 2.09 bits per heavy atom. The van der Waals surface area contributed by atoms with Crippen molar-refractivity contribution in [3.8, 4) is 0 Å². The zero-order valence-electron chi connectivity index (χ0n) is 6.84. The van der Waals surface area contributed by atoms with Gasteiger partial charge >= 0.3 is 0 Å². The van der Waals surface area contributed by atoms with E-state index in [4.69, 9.17) is 0 Å². The van der Waals surface area contributed by atoms with Crippen LogP contribution in [0.4, 0.5) is 0 Å². The zero-order valence-corrected chi connectivity index (χ0v) is 6.84. The highest BCUT2D eigenvalue weighted by atomic mass is 15.0. The lowest BCUT2D eigenvalue weighted by Crippen LogP contribution is -2.28. The molecule has 6 aliphatic rings. The minimum atomic E-state index is 1.03. The van der Waals surface area contributed by atoms with Gasteiger partial charge in [0.05, 0.1) is 0 Å². The fraction of sp³-hybridized carbons (Fsp3) is 1.00. The van der Waals surface area contributed by atoms with Crippen molar-refractivity contribution >= 4 is 0 Å². The van der Waals surface area contributed by atoms with E-state index in [-0.39, 0.29) is 0 Å². The molecular weight excluding hydrogens is 132 g/mol. The van der Waals surface area contributed by atoms with Crippen LogP contribution in [-0.2, 0) is 0 Å². The van der Waals surface area contributed by atoms with Crippen LogP contribution in [0, 0.1) is 34.5 Å². The molecule has 11 heavy (non-hydrogen) atoms. The normalized spacial score (nSPS) is 85.1. The lowest BCUT2D eigenvalue weighted by atomic mass is 9.67. The van der Waals surface area contributed by atoms with Gasteiger partial charge < -0.3 is 0 Å². The van der Waals surface area contributed by atoms with Crippen molar-refractivity contribution in [1.82, 2.24) is 0 Å². The molecule has 6 fully saturated rings. The molecule has 6 atom stereocenters. The van der Waals surface area contributed by atoms with E-state index in [1.807, 2.05) is 0 Å². The van der Waals surface area contributed by atoms with Gasteiger partial charge in [-0.3, -0.25) is 0 Å². The number of rotatable bonds is 0. The molecule has 58 valence electrons. The summed E-state index contributed by atoms with van der Waals surface area (Å²) >= 11 is 0. The van der Waals surface area contributed by atoms with Crippen molar-refractivity contribution in [3.05, 3.63) is 0 Å². The molecule has 0 nitrogen and oxygen atoms in total. The summed E-state index contributed by atoms with van der Waals surface area (Å²) in [4.78, 5) is 0. The molecular formula is C11H14. The fourth-order valence-corrected chi connectivity index (χ4v) is 6.22. The Hall–Kier alpha value is 0. The zero-order chi connectivity index (χ0) is 6.84. The van der Waals surface area contributed by atoms with E-state index in [1.165, 1.54) is 23.7 Å². The highest BCUT2D eigenvalue weighted by Crippen LogP contribution is 3.03. The highest BCUT2D eigenvalue weighted by molar-refractivity contribution is 5.45. The second kappa shape index (κ2) is 0.963. The quantitative estimate of drug-likeness (QED) is 0.492. The molecule has 0 saturated heterocycles. The number of hydrogen-bond acceptors (Lipinski definition) is 0. The summed E-state index contributed by atoms with van der Waals surface area (Å²) in [5.74, 6) is 4.97. The van der Waals surface area contributed by atoms with Crippen molar-refractivity contribution in [2.45, 2.75) is 32.1 Å². The standard InChI is InChI=1S/C11H14/c1-6-2-8-3-7(1)9-10(4-6)5-11(8,9)10/h6-9H,1-5H2. The lowest BCUT2D eigenvalue weighted by molar-refractivity contribution is 0.120. The average Bonchev–Trinajstić information content (AvgIpc) is 2.68. The van der Waals surface area contributed by atoms with E-state index in [0.29, 0.717) is 0 Å². The Kier molecular flexibility index (Phi) is 0.428. The van der Waals surface area contributed by atoms with Crippen LogP contribution in [0.15, 0.2) is 0 Å². The maximum absolute atomic E-state index is 1.68. The van der Waals surface area contributed by atoms with Crippen molar-refractivity contribution in [3.63, 3.8) is 0 Å². The lowest BCUT2D eigenvalue weighted by Gasteiger charge is -2.38. The average molecular weight is 146 g/mol. The largest absolute Gasteiger partial charge is 0.0472 e. The molecule has 0 aromatic heterocycles. The van der Waals surface area contributed by atoms with Gasteiger partial charge in [-0.15, -0.1) is 0 Å². The molecule has 0 aliphatic heterocycles. The van der Waals surface area contributed by atoms with Gasteiger partial charge in [0.1, 0.15) is 0 Å². The van der Waals surface area contributed by atoms with Crippen molar-refractivity contribution in [2.75, 3.05) is 0 Å². The summed E-state index contributed by atoms with van der Waals surface area (Å²) in [5, 5.41) is 0. The summed E-state index contributed by atoms with van der Waals surface area (Å²) in [6.45, 7) is 0. The van der Waals surface area contributed by atoms with Gasteiger partial charge in [0.25, 0.3) is 0 Å². The van der Waals surface area contributed by atoms with Gasteiger partial charge in [-0.25, -0.2) is 0 Å². The third kappa shape index (κ3) is 0.256. The first-order chi connectivity index (χ1) is 5.37. The topological polar surface area (TPSA) is 0 Å². The molecule has 6 unspecified atom stereocenters. The van der Waals surface area contributed by atoms with Crippen LogP contribution in [0.3, 0.4) is 0 Å².